The minimum atomic E-state index is -0.376. The van der Waals surface area contributed by atoms with Crippen molar-refractivity contribution in [1.82, 2.24) is 14.1 Å². The maximum absolute atomic E-state index is 12.7. The van der Waals surface area contributed by atoms with Gasteiger partial charge < -0.3 is 10.0 Å². The first-order valence-corrected chi connectivity index (χ1v) is 7.96. The summed E-state index contributed by atoms with van der Waals surface area (Å²) in [6.45, 7) is 3.41. The van der Waals surface area contributed by atoms with Gasteiger partial charge in [0, 0.05) is 33.4 Å². The van der Waals surface area contributed by atoms with Crippen molar-refractivity contribution in [3.63, 3.8) is 0 Å². The van der Waals surface area contributed by atoms with E-state index in [2.05, 4.69) is 9.88 Å². The van der Waals surface area contributed by atoms with Crippen molar-refractivity contribution in [2.24, 2.45) is 14.1 Å². The van der Waals surface area contributed by atoms with Crippen molar-refractivity contribution in [3.05, 3.63) is 32.6 Å². The maximum Gasteiger partial charge on any atom is 0.332 e. The number of nitrogens with zero attached hydrogens (tertiary/aromatic N) is 4. The average Bonchev–Trinajstić information content (AvgIpc) is 2.57. The van der Waals surface area contributed by atoms with Crippen LogP contribution in [0.2, 0.25) is 0 Å². The lowest BCUT2D eigenvalue weighted by molar-refractivity contribution is 0.145. The zero-order valence-electron chi connectivity index (χ0n) is 13.7. The van der Waals surface area contributed by atoms with Gasteiger partial charge in [0.05, 0.1) is 11.8 Å². The van der Waals surface area contributed by atoms with Crippen molar-refractivity contribution in [1.29, 1.82) is 0 Å². The average molecular weight is 318 g/mol. The fourth-order valence-electron chi connectivity index (χ4n) is 3.26. The van der Waals surface area contributed by atoms with Crippen molar-refractivity contribution in [2.45, 2.75) is 32.3 Å². The monoisotopic (exact) mass is 318 g/mol. The molecule has 3 rings (SSSR count). The van der Waals surface area contributed by atoms with Crippen LogP contribution >= 0.6 is 0 Å². The molecule has 0 saturated carbocycles. The first-order chi connectivity index (χ1) is 11.0. The highest BCUT2D eigenvalue weighted by Crippen LogP contribution is 2.29. The minimum Gasteiger partial charge on any atom is -0.393 e. The third-order valence-corrected chi connectivity index (χ3v) is 4.68. The molecule has 7 heteroatoms. The summed E-state index contributed by atoms with van der Waals surface area (Å²) in [4.78, 5) is 31.4. The Bertz CT molecular complexity index is 860. The fraction of sp³-hybridized carbons (Fsp3) is 0.562. The summed E-state index contributed by atoms with van der Waals surface area (Å²) in [5, 5.41) is 10.2. The zero-order valence-corrected chi connectivity index (χ0v) is 13.7. The Morgan fingerprint density at radius 3 is 2.48 bits per heavy atom. The van der Waals surface area contributed by atoms with Gasteiger partial charge in [-0.05, 0) is 24.8 Å². The summed E-state index contributed by atoms with van der Waals surface area (Å²) in [6, 6.07) is 0. The lowest BCUT2D eigenvalue weighted by atomic mass is 10.0. The highest BCUT2D eigenvalue weighted by molar-refractivity contribution is 5.90. The second-order valence-electron chi connectivity index (χ2n) is 6.11. The van der Waals surface area contributed by atoms with Gasteiger partial charge >= 0.3 is 5.69 Å². The summed E-state index contributed by atoms with van der Waals surface area (Å²) in [6.07, 6.45) is 3.58. The van der Waals surface area contributed by atoms with Gasteiger partial charge in [-0.25, -0.2) is 9.78 Å². The van der Waals surface area contributed by atoms with Gasteiger partial charge in [-0.15, -0.1) is 0 Å². The summed E-state index contributed by atoms with van der Waals surface area (Å²) < 4.78 is 2.55. The number of pyridine rings is 1. The van der Waals surface area contributed by atoms with Crippen molar-refractivity contribution < 1.29 is 5.11 Å². The maximum atomic E-state index is 12.7. The molecule has 0 aromatic carbocycles. The highest BCUT2D eigenvalue weighted by atomic mass is 16.3. The number of aromatic nitrogens is 3. The first kappa shape index (κ1) is 15.7. The summed E-state index contributed by atoms with van der Waals surface area (Å²) in [5.41, 5.74) is 1.58. The van der Waals surface area contributed by atoms with E-state index in [1.54, 1.807) is 13.2 Å². The van der Waals surface area contributed by atoms with E-state index in [0.29, 0.717) is 37.0 Å². The fourth-order valence-corrected chi connectivity index (χ4v) is 3.26. The molecule has 124 valence electrons. The molecule has 1 fully saturated rings. The van der Waals surface area contributed by atoms with E-state index < -0.39 is 0 Å². The van der Waals surface area contributed by atoms with E-state index in [4.69, 9.17) is 0 Å². The molecular weight excluding hydrogens is 296 g/mol. The number of aliphatic hydroxyl groups excluding tert-OH is 1. The standard InChI is InChI=1S/C16H22N4O3/c1-4-10-9-17-14-12(15(22)19(3)16(23)18(14)2)13(10)20-7-5-11(21)6-8-20/h9,11,21H,4-8H2,1-3H3. The van der Waals surface area contributed by atoms with Crippen LogP contribution in [0.3, 0.4) is 0 Å². The van der Waals surface area contributed by atoms with Crippen LogP contribution in [0, 0.1) is 0 Å². The SMILES string of the molecule is CCc1cnc2c(c1N1CCC(O)CC1)c(=O)n(C)c(=O)n2C. The molecule has 1 aliphatic rings. The van der Waals surface area contributed by atoms with Crippen molar-refractivity contribution >= 4 is 16.7 Å². The summed E-state index contributed by atoms with van der Waals surface area (Å²) >= 11 is 0. The Kier molecular flexibility index (Phi) is 3.97. The van der Waals surface area contributed by atoms with E-state index in [1.165, 1.54) is 11.6 Å². The highest BCUT2D eigenvalue weighted by Gasteiger charge is 2.24. The van der Waals surface area contributed by atoms with Gasteiger partial charge in [-0.2, -0.15) is 0 Å². The molecular formula is C16H22N4O3. The number of rotatable bonds is 2. The lowest BCUT2D eigenvalue weighted by Gasteiger charge is -2.33. The molecule has 0 bridgehead atoms. The third kappa shape index (κ3) is 2.45. The molecule has 2 aromatic heterocycles. The van der Waals surface area contributed by atoms with Crippen molar-refractivity contribution in [2.75, 3.05) is 18.0 Å². The topological polar surface area (TPSA) is 80.4 Å². The van der Waals surface area contributed by atoms with Gasteiger partial charge in [0.2, 0.25) is 0 Å². The van der Waals surface area contributed by atoms with Crippen molar-refractivity contribution in [3.8, 4) is 0 Å². The number of anilines is 1. The van der Waals surface area contributed by atoms with E-state index in [0.717, 1.165) is 22.2 Å². The molecule has 2 aromatic rings. The van der Waals surface area contributed by atoms with Crippen LogP contribution in [-0.4, -0.2) is 38.4 Å². The second-order valence-corrected chi connectivity index (χ2v) is 6.11. The Hall–Kier alpha value is -2.15. The van der Waals surface area contributed by atoms with Crippen LogP contribution in [0.4, 0.5) is 5.69 Å². The van der Waals surface area contributed by atoms with Gasteiger partial charge in [0.15, 0.2) is 5.65 Å². The molecule has 0 spiro atoms. The molecule has 1 N–H and O–H groups in total. The Morgan fingerprint density at radius 2 is 1.87 bits per heavy atom. The Labute approximate surface area is 133 Å². The van der Waals surface area contributed by atoms with Crippen LogP contribution in [0.15, 0.2) is 15.8 Å². The molecule has 7 nitrogen and oxygen atoms in total. The molecule has 3 heterocycles. The van der Waals surface area contributed by atoms with Crippen LogP contribution in [0.25, 0.3) is 11.0 Å². The quantitative estimate of drug-likeness (QED) is 0.853. The third-order valence-electron chi connectivity index (χ3n) is 4.68. The van der Waals surface area contributed by atoms with E-state index in [9.17, 15) is 14.7 Å². The molecule has 1 saturated heterocycles. The van der Waals surface area contributed by atoms with E-state index in [1.807, 2.05) is 6.92 Å². The molecule has 0 radical (unpaired) electrons. The number of fused-ring (bicyclic) bond motifs is 1. The summed E-state index contributed by atoms with van der Waals surface area (Å²) in [5.74, 6) is 0. The van der Waals surface area contributed by atoms with Crippen LogP contribution in [0.5, 0.6) is 0 Å². The largest absolute Gasteiger partial charge is 0.393 e. The normalized spacial score (nSPS) is 16.3. The van der Waals surface area contributed by atoms with Gasteiger partial charge in [-0.3, -0.25) is 13.9 Å². The molecule has 0 atom stereocenters. The lowest BCUT2D eigenvalue weighted by Crippen LogP contribution is -2.40. The Balaban J connectivity index is 2.34. The van der Waals surface area contributed by atoms with Gasteiger partial charge in [0.25, 0.3) is 5.56 Å². The number of piperidine rings is 1. The van der Waals surface area contributed by atoms with Crippen LogP contribution in [0.1, 0.15) is 25.3 Å². The van der Waals surface area contributed by atoms with E-state index in [-0.39, 0.29) is 17.4 Å². The zero-order chi connectivity index (χ0) is 16.7. The molecule has 0 unspecified atom stereocenters. The van der Waals surface area contributed by atoms with E-state index >= 15 is 0 Å². The molecule has 0 amide bonds. The van der Waals surface area contributed by atoms with Gasteiger partial charge in [0.1, 0.15) is 5.39 Å². The predicted octanol–water partition coefficient (Wildman–Crippen LogP) is 0.156. The smallest absolute Gasteiger partial charge is 0.332 e. The minimum absolute atomic E-state index is 0.281. The summed E-state index contributed by atoms with van der Waals surface area (Å²) in [7, 11) is 3.12. The molecule has 23 heavy (non-hydrogen) atoms. The second kappa shape index (κ2) is 5.81. The van der Waals surface area contributed by atoms with Gasteiger partial charge in [-0.1, -0.05) is 6.92 Å². The van der Waals surface area contributed by atoms with Crippen LogP contribution < -0.4 is 16.1 Å². The predicted molar refractivity (Wildman–Crippen MR) is 89.1 cm³/mol. The van der Waals surface area contributed by atoms with Crippen LogP contribution in [-0.2, 0) is 20.5 Å². The number of aryl methyl sites for hydroxylation is 2. The molecule has 0 aliphatic carbocycles. The molecule has 1 aliphatic heterocycles. The first-order valence-electron chi connectivity index (χ1n) is 7.96. The number of aliphatic hydroxyl groups is 1. The number of hydrogen-bond acceptors (Lipinski definition) is 5. The number of hydrogen-bond donors (Lipinski definition) is 1. The Morgan fingerprint density at radius 1 is 1.22 bits per heavy atom.